The van der Waals surface area contributed by atoms with Crippen LogP contribution in [0.1, 0.15) is 6.92 Å². The fourth-order valence-corrected chi connectivity index (χ4v) is 1.53. The van der Waals surface area contributed by atoms with Crippen LogP contribution in [0.2, 0.25) is 0 Å². The first-order chi connectivity index (χ1) is 6.11. The van der Waals surface area contributed by atoms with Gasteiger partial charge in [-0.25, -0.2) is 0 Å². The molecule has 0 amide bonds. The second-order valence-corrected chi connectivity index (χ2v) is 3.12. The minimum atomic E-state index is -1.05. The van der Waals surface area contributed by atoms with E-state index in [9.17, 15) is 10.2 Å². The highest BCUT2D eigenvalue weighted by molar-refractivity contribution is 4.88. The summed E-state index contributed by atoms with van der Waals surface area (Å²) in [5.74, 6) is 0. The summed E-state index contributed by atoms with van der Waals surface area (Å²) < 4.78 is 15.0. The molecule has 0 aromatic carbocycles. The number of aliphatic hydroxyl groups excluding tert-OH is 2. The SMILES string of the molecule is COC1C(O)OC(C)C(O)[C@@H]1OC. The molecule has 1 aliphatic rings. The highest BCUT2D eigenvalue weighted by Gasteiger charge is 2.43. The van der Waals surface area contributed by atoms with Crippen molar-refractivity contribution >= 4 is 0 Å². The first kappa shape index (κ1) is 10.9. The molecule has 2 N–H and O–H groups in total. The summed E-state index contributed by atoms with van der Waals surface area (Å²) in [6.45, 7) is 1.67. The lowest BCUT2D eigenvalue weighted by Crippen LogP contribution is -2.57. The van der Waals surface area contributed by atoms with Gasteiger partial charge in [-0.1, -0.05) is 0 Å². The van der Waals surface area contributed by atoms with Gasteiger partial charge in [0.1, 0.15) is 18.3 Å². The van der Waals surface area contributed by atoms with Crippen molar-refractivity contribution in [3.8, 4) is 0 Å². The summed E-state index contributed by atoms with van der Waals surface area (Å²) in [5, 5.41) is 19.0. The number of rotatable bonds is 2. The van der Waals surface area contributed by atoms with Crippen molar-refractivity contribution in [2.75, 3.05) is 14.2 Å². The Labute approximate surface area is 77.2 Å². The minimum absolute atomic E-state index is 0.452. The van der Waals surface area contributed by atoms with Crippen LogP contribution >= 0.6 is 0 Å². The van der Waals surface area contributed by atoms with E-state index in [0.717, 1.165) is 0 Å². The number of methoxy groups -OCH3 is 2. The van der Waals surface area contributed by atoms with Crippen LogP contribution < -0.4 is 0 Å². The van der Waals surface area contributed by atoms with Crippen LogP contribution in [0.25, 0.3) is 0 Å². The molecular weight excluding hydrogens is 176 g/mol. The van der Waals surface area contributed by atoms with Crippen LogP contribution in [0.3, 0.4) is 0 Å². The maximum atomic E-state index is 9.62. The molecule has 0 saturated carbocycles. The molecular formula is C8H16O5. The fourth-order valence-electron chi connectivity index (χ4n) is 1.53. The zero-order chi connectivity index (χ0) is 10.0. The van der Waals surface area contributed by atoms with Gasteiger partial charge in [-0.2, -0.15) is 0 Å². The molecule has 1 heterocycles. The van der Waals surface area contributed by atoms with Gasteiger partial charge in [0.15, 0.2) is 6.29 Å². The second kappa shape index (κ2) is 4.34. The topological polar surface area (TPSA) is 68.2 Å². The molecule has 78 valence electrons. The monoisotopic (exact) mass is 192 g/mol. The Balaban J connectivity index is 2.71. The second-order valence-electron chi connectivity index (χ2n) is 3.12. The van der Waals surface area contributed by atoms with Gasteiger partial charge in [0.25, 0.3) is 0 Å². The number of hydrogen-bond acceptors (Lipinski definition) is 5. The predicted octanol–water partition coefficient (Wildman–Crippen LogP) is -0.886. The summed E-state index contributed by atoms with van der Waals surface area (Å²) >= 11 is 0. The number of aliphatic hydroxyl groups is 2. The van der Waals surface area contributed by atoms with E-state index in [0.29, 0.717) is 0 Å². The van der Waals surface area contributed by atoms with Gasteiger partial charge >= 0.3 is 0 Å². The highest BCUT2D eigenvalue weighted by Crippen LogP contribution is 2.23. The van der Waals surface area contributed by atoms with E-state index in [2.05, 4.69) is 0 Å². The van der Waals surface area contributed by atoms with Crippen LogP contribution in [0.15, 0.2) is 0 Å². The summed E-state index contributed by atoms with van der Waals surface area (Å²) in [7, 11) is 2.90. The molecule has 0 aliphatic carbocycles. The Hall–Kier alpha value is -0.200. The zero-order valence-electron chi connectivity index (χ0n) is 8.01. The van der Waals surface area contributed by atoms with Gasteiger partial charge in [-0.05, 0) is 6.92 Å². The molecule has 0 aromatic rings. The summed E-state index contributed by atoms with van der Waals surface area (Å²) in [6, 6.07) is 0. The van der Waals surface area contributed by atoms with E-state index in [1.807, 2.05) is 0 Å². The lowest BCUT2D eigenvalue weighted by molar-refractivity contribution is -0.287. The highest BCUT2D eigenvalue weighted by atomic mass is 16.7. The minimum Gasteiger partial charge on any atom is -0.388 e. The molecule has 13 heavy (non-hydrogen) atoms. The molecule has 0 radical (unpaired) electrons. The lowest BCUT2D eigenvalue weighted by Gasteiger charge is -2.40. The van der Waals surface area contributed by atoms with E-state index < -0.39 is 30.7 Å². The molecule has 4 unspecified atom stereocenters. The number of ether oxygens (including phenoxy) is 3. The van der Waals surface area contributed by atoms with Crippen molar-refractivity contribution in [2.24, 2.45) is 0 Å². The average Bonchev–Trinajstić information content (AvgIpc) is 2.10. The first-order valence-corrected chi connectivity index (χ1v) is 4.19. The largest absolute Gasteiger partial charge is 0.388 e. The summed E-state index contributed by atoms with van der Waals surface area (Å²) in [4.78, 5) is 0. The van der Waals surface area contributed by atoms with Crippen molar-refractivity contribution in [1.82, 2.24) is 0 Å². The standard InChI is InChI=1S/C8H16O5/c1-4-5(9)6(11-2)7(12-3)8(10)13-4/h4-10H,1-3H3/t4?,5?,6-,7?,8?/m0/s1. The molecule has 1 fully saturated rings. The van der Waals surface area contributed by atoms with Crippen LogP contribution in [0, 0.1) is 0 Å². The van der Waals surface area contributed by atoms with E-state index in [4.69, 9.17) is 14.2 Å². The van der Waals surface area contributed by atoms with Crippen LogP contribution in [0.5, 0.6) is 0 Å². The molecule has 0 bridgehead atoms. The third-order valence-electron chi connectivity index (χ3n) is 2.32. The van der Waals surface area contributed by atoms with Gasteiger partial charge in [0, 0.05) is 14.2 Å². The Morgan fingerprint density at radius 1 is 1.08 bits per heavy atom. The number of hydrogen-bond donors (Lipinski definition) is 2. The van der Waals surface area contributed by atoms with Crippen molar-refractivity contribution in [1.29, 1.82) is 0 Å². The Morgan fingerprint density at radius 2 is 1.62 bits per heavy atom. The molecule has 5 atom stereocenters. The Morgan fingerprint density at radius 3 is 2.08 bits per heavy atom. The zero-order valence-corrected chi connectivity index (χ0v) is 8.01. The van der Waals surface area contributed by atoms with Gasteiger partial charge in [-0.15, -0.1) is 0 Å². The van der Waals surface area contributed by atoms with Crippen molar-refractivity contribution in [3.63, 3.8) is 0 Å². The van der Waals surface area contributed by atoms with Crippen LogP contribution in [-0.4, -0.2) is 55.1 Å². The van der Waals surface area contributed by atoms with E-state index in [1.165, 1.54) is 14.2 Å². The molecule has 1 saturated heterocycles. The van der Waals surface area contributed by atoms with Crippen molar-refractivity contribution < 1.29 is 24.4 Å². The Kier molecular flexibility index (Phi) is 3.63. The van der Waals surface area contributed by atoms with E-state index in [1.54, 1.807) is 6.92 Å². The molecule has 5 heteroatoms. The maximum absolute atomic E-state index is 9.62. The predicted molar refractivity (Wildman–Crippen MR) is 44.2 cm³/mol. The average molecular weight is 192 g/mol. The van der Waals surface area contributed by atoms with Crippen LogP contribution in [-0.2, 0) is 14.2 Å². The molecule has 1 aliphatic heterocycles. The third kappa shape index (κ3) is 2.00. The normalized spacial score (nSPS) is 46.4. The lowest BCUT2D eigenvalue weighted by atomic mass is 10.00. The quantitative estimate of drug-likeness (QED) is 0.594. The summed E-state index contributed by atoms with van der Waals surface area (Å²) in [5.41, 5.74) is 0. The van der Waals surface area contributed by atoms with Gasteiger partial charge in [-0.3, -0.25) is 0 Å². The van der Waals surface area contributed by atoms with Crippen molar-refractivity contribution in [2.45, 2.75) is 37.6 Å². The third-order valence-corrected chi connectivity index (χ3v) is 2.32. The molecule has 0 spiro atoms. The van der Waals surface area contributed by atoms with Gasteiger partial charge in [0.05, 0.1) is 6.10 Å². The smallest absolute Gasteiger partial charge is 0.184 e. The van der Waals surface area contributed by atoms with Crippen LogP contribution in [0.4, 0.5) is 0 Å². The first-order valence-electron chi connectivity index (χ1n) is 4.19. The fraction of sp³-hybridized carbons (Fsp3) is 1.00. The molecule has 0 aromatic heterocycles. The van der Waals surface area contributed by atoms with Gasteiger partial charge < -0.3 is 24.4 Å². The van der Waals surface area contributed by atoms with E-state index >= 15 is 0 Å². The maximum Gasteiger partial charge on any atom is 0.184 e. The van der Waals surface area contributed by atoms with Crippen molar-refractivity contribution in [3.05, 3.63) is 0 Å². The van der Waals surface area contributed by atoms with E-state index in [-0.39, 0.29) is 0 Å². The molecule has 5 nitrogen and oxygen atoms in total. The van der Waals surface area contributed by atoms with Gasteiger partial charge in [0.2, 0.25) is 0 Å². The summed E-state index contributed by atoms with van der Waals surface area (Å²) in [6.07, 6.45) is -3.47. The Bertz CT molecular complexity index is 163. The molecule has 1 rings (SSSR count).